The van der Waals surface area contributed by atoms with Gasteiger partial charge >= 0.3 is 0 Å². The van der Waals surface area contributed by atoms with E-state index >= 15 is 0 Å². The van der Waals surface area contributed by atoms with Gasteiger partial charge in [-0.05, 0) is 29.3 Å². The summed E-state index contributed by atoms with van der Waals surface area (Å²) in [5.41, 5.74) is 4.27. The molecule has 23 heavy (non-hydrogen) atoms. The molecule has 0 saturated carbocycles. The number of hydrogen-bond donors (Lipinski definition) is 2. The fourth-order valence-electron chi connectivity index (χ4n) is 3.15. The van der Waals surface area contributed by atoms with Crippen LogP contribution in [0.3, 0.4) is 0 Å². The predicted octanol–water partition coefficient (Wildman–Crippen LogP) is 2.98. The number of halogens is 1. The molecule has 0 atom stereocenters. The third-order valence-corrected chi connectivity index (χ3v) is 4.70. The van der Waals surface area contributed by atoms with Crippen molar-refractivity contribution < 1.29 is 4.79 Å². The van der Waals surface area contributed by atoms with Gasteiger partial charge in [-0.25, -0.2) is 4.98 Å². The van der Waals surface area contributed by atoms with Gasteiger partial charge < -0.3 is 15.5 Å². The Hall–Kier alpha value is -2.34. The maximum Gasteiger partial charge on any atom is 0.251 e. The summed E-state index contributed by atoms with van der Waals surface area (Å²) >= 11 is 5.90. The van der Waals surface area contributed by atoms with Gasteiger partial charge in [-0.2, -0.15) is 4.98 Å². The second-order valence-electron chi connectivity index (χ2n) is 6.54. The Morgan fingerprint density at radius 2 is 2.09 bits per heavy atom. The molecule has 7 heteroatoms. The predicted molar refractivity (Wildman–Crippen MR) is 90.2 cm³/mol. The van der Waals surface area contributed by atoms with Crippen molar-refractivity contribution in [1.82, 2.24) is 15.3 Å². The summed E-state index contributed by atoms with van der Waals surface area (Å²) in [6.45, 7) is 4.87. The van der Waals surface area contributed by atoms with Crippen molar-refractivity contribution in [2.75, 3.05) is 23.8 Å². The molecule has 0 radical (unpaired) electrons. The zero-order valence-electron chi connectivity index (χ0n) is 13.1. The van der Waals surface area contributed by atoms with Crippen LogP contribution in [0.5, 0.6) is 0 Å². The number of carbonyl (C=O) groups is 1. The van der Waals surface area contributed by atoms with E-state index in [0.29, 0.717) is 17.9 Å². The van der Waals surface area contributed by atoms with Gasteiger partial charge in [0.2, 0.25) is 5.28 Å². The molecule has 2 aliphatic rings. The number of amides is 1. The number of benzene rings is 1. The van der Waals surface area contributed by atoms with Crippen molar-refractivity contribution in [2.45, 2.75) is 19.3 Å². The lowest BCUT2D eigenvalue weighted by Gasteiger charge is -2.36. The molecule has 0 fully saturated rings. The van der Waals surface area contributed by atoms with E-state index in [1.807, 2.05) is 24.1 Å². The third-order valence-electron chi connectivity index (χ3n) is 4.52. The van der Waals surface area contributed by atoms with Crippen molar-refractivity contribution in [3.05, 3.63) is 34.7 Å². The molecule has 1 amide bonds. The molecule has 6 nitrogen and oxygen atoms in total. The van der Waals surface area contributed by atoms with Crippen LogP contribution in [0, 0.1) is 0 Å². The van der Waals surface area contributed by atoms with Gasteiger partial charge in [0, 0.05) is 24.6 Å². The standard InChI is InChI=1S/C16H16ClN5O/c1-16(2)7-19-14(23)8-4-11-10(5-9(8)16)20-13-12(22(11)3)6-18-15(17)21-13/h4-6H,7H2,1-3H3,(H,19,23)(H,18,20,21). The summed E-state index contributed by atoms with van der Waals surface area (Å²) < 4.78 is 0. The molecule has 2 N–H and O–H groups in total. The van der Waals surface area contributed by atoms with Crippen molar-refractivity contribution in [3.8, 4) is 0 Å². The van der Waals surface area contributed by atoms with Crippen LogP contribution in [0.25, 0.3) is 0 Å². The maximum absolute atomic E-state index is 12.3. The second-order valence-corrected chi connectivity index (χ2v) is 6.88. The number of nitrogens with one attached hydrogen (secondary N) is 2. The first kappa shape index (κ1) is 14.3. The topological polar surface area (TPSA) is 70.2 Å². The fourth-order valence-corrected chi connectivity index (χ4v) is 3.29. The van der Waals surface area contributed by atoms with Gasteiger partial charge in [0.05, 0.1) is 17.6 Å². The van der Waals surface area contributed by atoms with Crippen LogP contribution in [-0.2, 0) is 5.41 Å². The minimum Gasteiger partial charge on any atom is -0.351 e. The highest BCUT2D eigenvalue weighted by Crippen LogP contribution is 2.45. The van der Waals surface area contributed by atoms with Gasteiger partial charge in [0.15, 0.2) is 5.82 Å². The maximum atomic E-state index is 12.3. The highest BCUT2D eigenvalue weighted by atomic mass is 35.5. The average molecular weight is 330 g/mol. The highest BCUT2D eigenvalue weighted by Gasteiger charge is 2.34. The van der Waals surface area contributed by atoms with Crippen LogP contribution in [-0.4, -0.2) is 29.5 Å². The van der Waals surface area contributed by atoms with E-state index in [-0.39, 0.29) is 16.6 Å². The minimum absolute atomic E-state index is 0.0336. The van der Waals surface area contributed by atoms with E-state index in [1.165, 1.54) is 0 Å². The smallest absolute Gasteiger partial charge is 0.251 e. The molecule has 1 aromatic heterocycles. The van der Waals surface area contributed by atoms with Crippen LogP contribution in [0.2, 0.25) is 5.28 Å². The number of rotatable bonds is 0. The zero-order chi connectivity index (χ0) is 16.4. The fraction of sp³-hybridized carbons (Fsp3) is 0.312. The van der Waals surface area contributed by atoms with E-state index in [9.17, 15) is 4.79 Å². The number of anilines is 4. The molecular formula is C16H16ClN5O. The van der Waals surface area contributed by atoms with Gasteiger partial charge in [-0.1, -0.05) is 13.8 Å². The lowest BCUT2D eigenvalue weighted by molar-refractivity contribution is 0.0930. The van der Waals surface area contributed by atoms with Crippen LogP contribution >= 0.6 is 11.6 Å². The lowest BCUT2D eigenvalue weighted by atomic mass is 9.78. The van der Waals surface area contributed by atoms with Crippen LogP contribution in [0.1, 0.15) is 29.8 Å². The first-order valence-electron chi connectivity index (χ1n) is 7.37. The first-order valence-corrected chi connectivity index (χ1v) is 7.74. The molecule has 3 heterocycles. The molecule has 0 unspecified atom stereocenters. The van der Waals surface area contributed by atoms with E-state index in [2.05, 4.69) is 34.4 Å². The Morgan fingerprint density at radius 3 is 2.87 bits per heavy atom. The van der Waals surface area contributed by atoms with Crippen LogP contribution in [0.4, 0.5) is 22.9 Å². The SMILES string of the molecule is CN1c2cc3c(cc2Nc2nc(Cl)ncc21)C(C)(C)CNC3=O. The highest BCUT2D eigenvalue weighted by molar-refractivity contribution is 6.28. The van der Waals surface area contributed by atoms with Crippen molar-refractivity contribution in [1.29, 1.82) is 0 Å². The van der Waals surface area contributed by atoms with Crippen LogP contribution in [0.15, 0.2) is 18.3 Å². The molecule has 0 spiro atoms. The summed E-state index contributed by atoms with van der Waals surface area (Å²) in [5, 5.41) is 6.46. The van der Waals surface area contributed by atoms with Gasteiger partial charge in [0.25, 0.3) is 5.91 Å². The van der Waals surface area contributed by atoms with Gasteiger partial charge in [0.1, 0.15) is 5.69 Å². The molecule has 4 rings (SSSR count). The quantitative estimate of drug-likeness (QED) is 0.727. The summed E-state index contributed by atoms with van der Waals surface area (Å²) in [6, 6.07) is 3.96. The van der Waals surface area contributed by atoms with E-state index in [4.69, 9.17) is 11.6 Å². The average Bonchev–Trinajstić information content (AvgIpc) is 2.50. The summed E-state index contributed by atoms with van der Waals surface area (Å²) in [4.78, 5) is 22.5. The normalized spacial score (nSPS) is 17.6. The van der Waals surface area contributed by atoms with Crippen LogP contribution < -0.4 is 15.5 Å². The molecule has 2 aromatic rings. The number of nitrogens with zero attached hydrogens (tertiary/aromatic N) is 3. The largest absolute Gasteiger partial charge is 0.351 e. The van der Waals surface area contributed by atoms with E-state index in [1.54, 1.807) is 6.20 Å². The first-order chi connectivity index (χ1) is 10.9. The molecule has 0 aliphatic carbocycles. The summed E-state index contributed by atoms with van der Waals surface area (Å²) in [5.74, 6) is 0.631. The number of fused-ring (bicyclic) bond motifs is 3. The summed E-state index contributed by atoms with van der Waals surface area (Å²) in [7, 11) is 1.92. The summed E-state index contributed by atoms with van der Waals surface area (Å²) in [6.07, 6.45) is 1.67. The molecule has 1 aromatic carbocycles. The third kappa shape index (κ3) is 2.05. The Balaban J connectivity index is 1.91. The number of hydrogen-bond acceptors (Lipinski definition) is 5. The Labute approximate surface area is 138 Å². The molecule has 0 saturated heterocycles. The monoisotopic (exact) mass is 329 g/mol. The Morgan fingerprint density at radius 1 is 1.30 bits per heavy atom. The van der Waals surface area contributed by atoms with Crippen molar-refractivity contribution in [3.63, 3.8) is 0 Å². The molecule has 118 valence electrons. The number of aromatic nitrogens is 2. The number of carbonyl (C=O) groups excluding carboxylic acids is 1. The van der Waals surface area contributed by atoms with E-state index in [0.717, 1.165) is 22.6 Å². The van der Waals surface area contributed by atoms with Gasteiger partial charge in [-0.3, -0.25) is 4.79 Å². The Kier molecular flexibility index (Phi) is 2.84. The van der Waals surface area contributed by atoms with Crippen molar-refractivity contribution >= 4 is 40.4 Å². The van der Waals surface area contributed by atoms with Crippen molar-refractivity contribution in [2.24, 2.45) is 0 Å². The molecule has 2 aliphatic heterocycles. The molecule has 0 bridgehead atoms. The van der Waals surface area contributed by atoms with E-state index < -0.39 is 0 Å². The molecular weight excluding hydrogens is 314 g/mol. The second kappa shape index (κ2) is 4.58. The lowest BCUT2D eigenvalue weighted by Crippen LogP contribution is -2.43. The Bertz CT molecular complexity index is 849. The minimum atomic E-state index is -0.123. The zero-order valence-corrected chi connectivity index (χ0v) is 13.8. The van der Waals surface area contributed by atoms with Gasteiger partial charge in [-0.15, -0.1) is 0 Å².